The van der Waals surface area contributed by atoms with E-state index in [2.05, 4.69) is 63.3 Å². The number of benzene rings is 1. The van der Waals surface area contributed by atoms with Gasteiger partial charge in [0.15, 0.2) is 0 Å². The highest BCUT2D eigenvalue weighted by Crippen LogP contribution is 2.40. The second-order valence-corrected chi connectivity index (χ2v) is 13.7. The lowest BCUT2D eigenvalue weighted by Gasteiger charge is -2.38. The molecule has 0 saturated carbocycles. The summed E-state index contributed by atoms with van der Waals surface area (Å²) in [6, 6.07) is 4.78. The van der Waals surface area contributed by atoms with E-state index in [0.717, 1.165) is 5.56 Å². The Morgan fingerprint density at radius 3 is 2.07 bits per heavy atom. The molecule has 1 heterocycles. The summed E-state index contributed by atoms with van der Waals surface area (Å²) in [4.78, 5) is 26.1. The number of amides is 3. The topological polar surface area (TPSA) is 114 Å². The number of carbonyl (C=O) groups excluding carboxylic acids is 2. The van der Waals surface area contributed by atoms with Crippen molar-refractivity contribution in [1.82, 2.24) is 4.98 Å². The number of hydrogen-bond donors (Lipinski definition) is 4. The van der Waals surface area contributed by atoms with Crippen molar-refractivity contribution in [3.63, 3.8) is 0 Å². The Labute approximate surface area is 167 Å². The van der Waals surface area contributed by atoms with Gasteiger partial charge in [-0.3, -0.25) is 10.1 Å². The Kier molecular flexibility index (Phi) is 6.25. The molecule has 0 atom stereocenters. The first-order valence-corrected chi connectivity index (χ1v) is 11.8. The van der Waals surface area contributed by atoms with Crippen LogP contribution >= 0.6 is 0 Å². The van der Waals surface area contributed by atoms with Crippen LogP contribution in [0.25, 0.3) is 10.9 Å². The third-order valence-electron chi connectivity index (χ3n) is 5.58. The molecule has 28 heavy (non-hydrogen) atoms. The van der Waals surface area contributed by atoms with Crippen LogP contribution in [0.4, 0.5) is 10.6 Å². The van der Waals surface area contributed by atoms with Gasteiger partial charge in [0.05, 0.1) is 5.56 Å². The number of hydrogen-bond acceptors (Lipinski definition) is 2. The first kappa shape index (κ1) is 21.6. The number of nitrogens with one attached hydrogen (secondary N) is 2. The zero-order valence-corrected chi connectivity index (χ0v) is 18.4. The molecule has 150 valence electrons. The third-order valence-corrected chi connectivity index (χ3v) is 11.9. The van der Waals surface area contributed by atoms with Gasteiger partial charge < -0.3 is 16.5 Å². The van der Waals surface area contributed by atoms with E-state index in [9.17, 15) is 9.59 Å². The lowest BCUT2D eigenvalue weighted by atomic mass is 10.1. The highest BCUT2D eigenvalue weighted by molar-refractivity contribution is 6.90. The molecule has 3 amide bonds. The van der Waals surface area contributed by atoms with Gasteiger partial charge in [0.2, 0.25) is 0 Å². The van der Waals surface area contributed by atoms with E-state index in [4.69, 9.17) is 11.5 Å². The fourth-order valence-corrected chi connectivity index (χ4v) is 9.59. The maximum Gasteiger partial charge on any atom is 0.317 e. The molecule has 6 N–H and O–H groups in total. The molecular formula is C21H30N4O2Si. The number of nitrogens with two attached hydrogens (primary N) is 2. The minimum atomic E-state index is -1.84. The van der Waals surface area contributed by atoms with Crippen LogP contribution in [0.1, 0.15) is 57.5 Å². The predicted octanol–water partition coefficient (Wildman–Crippen LogP) is 4.33. The molecule has 0 radical (unpaired) electrons. The van der Waals surface area contributed by atoms with Crippen LogP contribution in [0.5, 0.6) is 0 Å². The summed E-state index contributed by atoms with van der Waals surface area (Å²) in [7, 11) is -1.84. The zero-order valence-electron chi connectivity index (χ0n) is 17.4. The van der Waals surface area contributed by atoms with Gasteiger partial charge in [0.1, 0.15) is 13.9 Å². The Morgan fingerprint density at radius 2 is 1.61 bits per heavy atom. The Hall–Kier alpha value is -2.72. The summed E-state index contributed by atoms with van der Waals surface area (Å²) in [5.41, 5.74) is 17.7. The fourth-order valence-electron chi connectivity index (χ4n) is 4.36. The lowest BCUT2D eigenvalue weighted by molar-refractivity contribution is 0.100. The minimum Gasteiger partial charge on any atom is -0.365 e. The number of urea groups is 1. The maximum atomic E-state index is 11.8. The van der Waals surface area contributed by atoms with E-state index >= 15 is 0 Å². The summed E-state index contributed by atoms with van der Waals surface area (Å²) in [6.45, 7) is 13.6. The largest absolute Gasteiger partial charge is 0.365 e. The van der Waals surface area contributed by atoms with Gasteiger partial charge in [0.25, 0.3) is 5.91 Å². The van der Waals surface area contributed by atoms with Crippen molar-refractivity contribution in [2.24, 2.45) is 11.5 Å². The summed E-state index contributed by atoms with van der Waals surface area (Å²) in [6.07, 6.45) is 0. The lowest BCUT2D eigenvalue weighted by Crippen LogP contribution is -2.43. The number of H-pyrrole nitrogens is 1. The molecule has 0 aliphatic heterocycles. The molecule has 0 unspecified atom stereocenters. The summed E-state index contributed by atoms with van der Waals surface area (Å²) in [5, 5.41) is 3.04. The Bertz CT molecular complexity index is 942. The van der Waals surface area contributed by atoms with Crippen molar-refractivity contribution in [1.29, 1.82) is 0 Å². The minimum absolute atomic E-state index is 0.204. The Balaban J connectivity index is 2.58. The first-order valence-electron chi connectivity index (χ1n) is 9.55. The summed E-state index contributed by atoms with van der Waals surface area (Å²) < 4.78 is 0. The first-order chi connectivity index (χ1) is 13.0. The van der Waals surface area contributed by atoms with Crippen LogP contribution in [0.3, 0.4) is 0 Å². The third kappa shape index (κ3) is 3.92. The summed E-state index contributed by atoms with van der Waals surface area (Å²) >= 11 is 0. The predicted molar refractivity (Wildman–Crippen MR) is 118 cm³/mol. The van der Waals surface area contributed by atoms with Crippen molar-refractivity contribution >= 4 is 36.7 Å². The van der Waals surface area contributed by atoms with Crippen LogP contribution in [-0.4, -0.2) is 25.0 Å². The zero-order chi connectivity index (χ0) is 21.2. The standard InChI is InChI=1S/C21H30N4O2Si/c1-12(2)28(13(3)4,14(5)6)10-9-15-7-8-16-17(11-15)24-20(25-21(23)27)18(16)19(22)26/h7-8,11-14,24H,1-6H3,(H2,22,26)(H3,23,25,27). The van der Waals surface area contributed by atoms with Crippen molar-refractivity contribution in [2.45, 2.75) is 58.2 Å². The van der Waals surface area contributed by atoms with Crippen LogP contribution in [0.2, 0.25) is 16.6 Å². The number of anilines is 1. The van der Waals surface area contributed by atoms with Crippen LogP contribution in [-0.2, 0) is 0 Å². The fraction of sp³-hybridized carbons (Fsp3) is 0.429. The van der Waals surface area contributed by atoms with E-state index in [0.29, 0.717) is 27.5 Å². The van der Waals surface area contributed by atoms with Crippen LogP contribution < -0.4 is 16.8 Å². The maximum absolute atomic E-state index is 11.8. The van der Waals surface area contributed by atoms with Crippen LogP contribution in [0.15, 0.2) is 18.2 Å². The number of aromatic amines is 1. The van der Waals surface area contributed by atoms with Crippen molar-refractivity contribution < 1.29 is 9.59 Å². The average Bonchev–Trinajstić information content (AvgIpc) is 2.90. The van der Waals surface area contributed by atoms with E-state index in [1.54, 1.807) is 6.07 Å². The van der Waals surface area contributed by atoms with E-state index in [1.165, 1.54) is 0 Å². The van der Waals surface area contributed by atoms with Gasteiger partial charge in [-0.05, 0) is 28.8 Å². The molecule has 1 aromatic carbocycles. The molecule has 7 heteroatoms. The molecule has 0 fully saturated rings. The van der Waals surface area contributed by atoms with Crippen LogP contribution in [0, 0.1) is 11.5 Å². The van der Waals surface area contributed by atoms with Gasteiger partial charge in [-0.15, -0.1) is 5.54 Å². The molecule has 0 bridgehead atoms. The monoisotopic (exact) mass is 398 g/mol. The van der Waals surface area contributed by atoms with Gasteiger partial charge in [-0.2, -0.15) is 0 Å². The second kappa shape index (κ2) is 8.11. The molecule has 0 saturated heterocycles. The van der Waals surface area contributed by atoms with E-state index in [-0.39, 0.29) is 11.4 Å². The second-order valence-electron chi connectivity index (χ2n) is 8.14. The van der Waals surface area contributed by atoms with Gasteiger partial charge >= 0.3 is 6.03 Å². The van der Waals surface area contributed by atoms with Crippen molar-refractivity contribution in [3.05, 3.63) is 29.3 Å². The number of carbonyl (C=O) groups is 2. The van der Waals surface area contributed by atoms with Crippen molar-refractivity contribution in [3.8, 4) is 11.5 Å². The van der Waals surface area contributed by atoms with Gasteiger partial charge in [-0.1, -0.05) is 53.5 Å². The van der Waals surface area contributed by atoms with Crippen molar-refractivity contribution in [2.75, 3.05) is 5.32 Å². The smallest absolute Gasteiger partial charge is 0.317 e. The molecular weight excluding hydrogens is 368 g/mol. The quantitative estimate of drug-likeness (QED) is 0.443. The SMILES string of the molecule is CC(C)[Si](C#Cc1ccc2c(C(N)=O)c(NC(N)=O)[nH]c2c1)(C(C)C)C(C)C. The number of fused-ring (bicyclic) bond motifs is 1. The average molecular weight is 399 g/mol. The highest BCUT2D eigenvalue weighted by atomic mass is 28.3. The number of aromatic nitrogens is 1. The van der Waals surface area contributed by atoms with Gasteiger partial charge in [-0.25, -0.2) is 4.79 Å². The molecule has 6 nitrogen and oxygen atoms in total. The number of rotatable bonds is 5. The van der Waals surface area contributed by atoms with Gasteiger partial charge in [0, 0.05) is 16.5 Å². The van der Waals surface area contributed by atoms with E-state index in [1.807, 2.05) is 12.1 Å². The molecule has 0 aliphatic carbocycles. The molecule has 1 aromatic heterocycles. The normalized spacial score (nSPS) is 11.8. The summed E-state index contributed by atoms with van der Waals surface area (Å²) in [5.74, 6) is 2.95. The van der Waals surface area contributed by atoms with E-state index < -0.39 is 20.0 Å². The molecule has 2 rings (SSSR count). The highest BCUT2D eigenvalue weighted by Gasteiger charge is 2.41. The molecule has 0 spiro atoms. The molecule has 2 aromatic rings. The molecule has 0 aliphatic rings. The number of primary amides is 2. The Morgan fingerprint density at radius 1 is 1.04 bits per heavy atom.